The first-order valence-electron chi connectivity index (χ1n) is 17.1. The van der Waals surface area contributed by atoms with E-state index >= 15 is 0 Å². The lowest BCUT2D eigenvalue weighted by molar-refractivity contribution is -0.197. The Bertz CT molecular complexity index is 1770. The van der Waals surface area contributed by atoms with E-state index in [0.29, 0.717) is 23.5 Å². The number of hydroxylamine groups is 2. The van der Waals surface area contributed by atoms with Crippen molar-refractivity contribution in [1.29, 1.82) is 0 Å². The van der Waals surface area contributed by atoms with E-state index in [9.17, 15) is 19.2 Å². The normalized spacial score (nSPS) is 12.2. The first kappa shape index (κ1) is 38.4. The number of rotatable bonds is 19. The van der Waals surface area contributed by atoms with Crippen molar-refractivity contribution in [3.8, 4) is 11.5 Å². The van der Waals surface area contributed by atoms with Gasteiger partial charge in [0.1, 0.15) is 24.1 Å². The molecule has 4 amide bonds. The summed E-state index contributed by atoms with van der Waals surface area (Å²) in [5.41, 5.74) is 7.72. The van der Waals surface area contributed by atoms with Crippen LogP contribution in [0.25, 0.3) is 10.8 Å². The number of carbonyl (C=O) groups is 4. The maximum Gasteiger partial charge on any atom is 0.247 e. The molecule has 0 aromatic heterocycles. The Morgan fingerprint density at radius 3 is 2.25 bits per heavy atom. The predicted molar refractivity (Wildman–Crippen MR) is 195 cm³/mol. The van der Waals surface area contributed by atoms with Gasteiger partial charge < -0.3 is 25.8 Å². The van der Waals surface area contributed by atoms with E-state index in [0.717, 1.165) is 21.9 Å². The Labute approximate surface area is 299 Å². The fourth-order valence-corrected chi connectivity index (χ4v) is 5.86. The number of nitrogens with two attached hydrogens (primary N) is 1. The average molecular weight is 697 g/mol. The van der Waals surface area contributed by atoms with Crippen LogP contribution in [-0.4, -0.2) is 55.5 Å². The molecule has 4 aromatic rings. The second-order valence-corrected chi connectivity index (χ2v) is 12.8. The molecule has 0 heterocycles. The van der Waals surface area contributed by atoms with Crippen molar-refractivity contribution < 1.29 is 33.5 Å². The van der Waals surface area contributed by atoms with E-state index in [4.69, 9.17) is 20.0 Å². The molecule has 0 aliphatic heterocycles. The number of methoxy groups -OCH3 is 2. The number of nitrogens with zero attached hydrogens (tertiary/aromatic N) is 1. The monoisotopic (exact) mass is 696 g/mol. The molecule has 4 N–H and O–H groups in total. The van der Waals surface area contributed by atoms with Crippen molar-refractivity contribution in [2.75, 3.05) is 20.8 Å². The van der Waals surface area contributed by atoms with Crippen LogP contribution in [-0.2, 0) is 43.6 Å². The molecule has 4 aromatic carbocycles. The molecule has 0 saturated heterocycles. The highest BCUT2D eigenvalue weighted by atomic mass is 16.7. The zero-order chi connectivity index (χ0) is 36.8. The molecule has 0 saturated carbocycles. The molecule has 51 heavy (non-hydrogen) atoms. The Kier molecular flexibility index (Phi) is 14.4. The van der Waals surface area contributed by atoms with Gasteiger partial charge in [-0.3, -0.25) is 24.0 Å². The third-order valence-electron chi connectivity index (χ3n) is 8.47. The van der Waals surface area contributed by atoms with Gasteiger partial charge in [-0.05, 0) is 46.4 Å². The van der Waals surface area contributed by atoms with E-state index in [1.807, 2.05) is 86.6 Å². The molecule has 11 nitrogen and oxygen atoms in total. The van der Waals surface area contributed by atoms with Gasteiger partial charge in [-0.15, -0.1) is 0 Å². The molecule has 0 spiro atoms. The lowest BCUT2D eigenvalue weighted by atomic mass is 9.92. The fourth-order valence-electron chi connectivity index (χ4n) is 5.86. The second-order valence-electron chi connectivity index (χ2n) is 12.8. The Morgan fingerprint density at radius 2 is 1.55 bits per heavy atom. The minimum absolute atomic E-state index is 0.0342. The van der Waals surface area contributed by atoms with Crippen LogP contribution >= 0.6 is 0 Å². The Balaban J connectivity index is 1.58. The molecule has 0 aliphatic rings. The van der Waals surface area contributed by atoms with Crippen LogP contribution in [0.4, 0.5) is 0 Å². The highest BCUT2D eigenvalue weighted by Crippen LogP contribution is 2.27. The summed E-state index contributed by atoms with van der Waals surface area (Å²) in [6.45, 7) is 4.17. The molecule has 0 aliphatic carbocycles. The van der Waals surface area contributed by atoms with Gasteiger partial charge in [-0.2, -0.15) is 0 Å². The second kappa shape index (κ2) is 19.1. The maximum atomic E-state index is 14.1. The summed E-state index contributed by atoms with van der Waals surface area (Å²) < 4.78 is 10.9. The van der Waals surface area contributed by atoms with Gasteiger partial charge in [0, 0.05) is 43.4 Å². The van der Waals surface area contributed by atoms with E-state index in [2.05, 4.69) is 10.6 Å². The van der Waals surface area contributed by atoms with Crippen molar-refractivity contribution in [1.82, 2.24) is 15.7 Å². The van der Waals surface area contributed by atoms with Gasteiger partial charge in [-0.1, -0.05) is 86.6 Å². The van der Waals surface area contributed by atoms with Gasteiger partial charge in [0.15, 0.2) is 0 Å². The Morgan fingerprint density at radius 1 is 0.824 bits per heavy atom. The van der Waals surface area contributed by atoms with Gasteiger partial charge in [0.2, 0.25) is 23.6 Å². The Hall–Kier alpha value is -5.42. The number of primary amides is 1. The van der Waals surface area contributed by atoms with Crippen molar-refractivity contribution >= 4 is 34.4 Å². The third kappa shape index (κ3) is 11.6. The SMILES string of the molecule is COc1ccc(CN(OCc2ccccc2)C(=O)C[C@@H](CC(C)C)C(=O)N[C@@H](Cc2cccc3ccccc23)C(=O)NCCC(N)=O)c(OC)c1. The van der Waals surface area contributed by atoms with Gasteiger partial charge in [-0.25, -0.2) is 5.06 Å². The number of amides is 4. The highest BCUT2D eigenvalue weighted by Gasteiger charge is 2.31. The van der Waals surface area contributed by atoms with Gasteiger partial charge >= 0.3 is 0 Å². The number of benzene rings is 4. The molecule has 2 atom stereocenters. The summed E-state index contributed by atoms with van der Waals surface area (Å²) in [5.74, 6) is -1.42. The van der Waals surface area contributed by atoms with Crippen LogP contribution < -0.4 is 25.8 Å². The lowest BCUT2D eigenvalue weighted by Crippen LogP contribution is -2.50. The van der Waals surface area contributed by atoms with Crippen molar-refractivity contribution in [2.45, 2.75) is 58.7 Å². The molecule has 0 fully saturated rings. The number of fused-ring (bicyclic) bond motifs is 1. The van der Waals surface area contributed by atoms with Crippen LogP contribution in [0.3, 0.4) is 0 Å². The van der Waals surface area contributed by atoms with Crippen LogP contribution in [0.2, 0.25) is 0 Å². The van der Waals surface area contributed by atoms with Crippen LogP contribution in [0.15, 0.2) is 91.0 Å². The van der Waals surface area contributed by atoms with Crippen molar-refractivity contribution in [2.24, 2.45) is 17.6 Å². The number of hydrogen-bond acceptors (Lipinski definition) is 7. The largest absolute Gasteiger partial charge is 0.497 e. The fraction of sp³-hybridized carbons (Fsp3) is 0.350. The van der Waals surface area contributed by atoms with Crippen molar-refractivity contribution in [3.05, 3.63) is 108 Å². The van der Waals surface area contributed by atoms with Gasteiger partial charge in [0.05, 0.1) is 20.8 Å². The summed E-state index contributed by atoms with van der Waals surface area (Å²) in [7, 11) is 3.10. The lowest BCUT2D eigenvalue weighted by Gasteiger charge is -2.27. The molecule has 0 unspecified atom stereocenters. The van der Waals surface area contributed by atoms with Crippen LogP contribution in [0.5, 0.6) is 11.5 Å². The topological polar surface area (TPSA) is 149 Å². The molecule has 0 bridgehead atoms. The highest BCUT2D eigenvalue weighted by molar-refractivity contribution is 5.92. The number of carbonyl (C=O) groups excluding carboxylic acids is 4. The first-order valence-corrected chi connectivity index (χ1v) is 17.1. The van der Waals surface area contributed by atoms with E-state index < -0.39 is 35.6 Å². The number of nitrogens with one attached hydrogen (secondary N) is 2. The molecule has 4 rings (SSSR count). The molecule has 0 radical (unpaired) electrons. The van der Waals surface area contributed by atoms with Crippen LogP contribution in [0, 0.1) is 11.8 Å². The maximum absolute atomic E-state index is 14.1. The quantitative estimate of drug-likeness (QED) is 0.116. The summed E-state index contributed by atoms with van der Waals surface area (Å²) in [6.07, 6.45) is 0.381. The molecule has 11 heteroatoms. The minimum atomic E-state index is -0.977. The van der Waals surface area contributed by atoms with E-state index in [-0.39, 0.29) is 44.9 Å². The summed E-state index contributed by atoms with van der Waals surface area (Å²) >= 11 is 0. The first-order chi connectivity index (χ1) is 24.6. The van der Waals surface area contributed by atoms with Crippen molar-refractivity contribution in [3.63, 3.8) is 0 Å². The zero-order valence-electron chi connectivity index (χ0n) is 29.7. The molecular weight excluding hydrogens is 648 g/mol. The summed E-state index contributed by atoms with van der Waals surface area (Å²) in [6, 6.07) is 27.4. The molecule has 270 valence electrons. The minimum Gasteiger partial charge on any atom is -0.497 e. The summed E-state index contributed by atoms with van der Waals surface area (Å²) in [4.78, 5) is 59.1. The smallest absolute Gasteiger partial charge is 0.247 e. The zero-order valence-corrected chi connectivity index (χ0v) is 29.7. The predicted octanol–water partition coefficient (Wildman–Crippen LogP) is 5.09. The summed E-state index contributed by atoms with van der Waals surface area (Å²) in [5, 5.41) is 8.90. The van der Waals surface area contributed by atoms with E-state index in [1.165, 1.54) is 12.2 Å². The van der Waals surface area contributed by atoms with Gasteiger partial charge in [0.25, 0.3) is 0 Å². The number of ether oxygens (including phenoxy) is 2. The standard InChI is InChI=1S/C40H48N4O7/c1-27(2)21-32(23-38(46)44(51-26-28-11-6-5-7-12-28)25-31-17-18-33(49-3)24-36(31)50-4)39(47)43-35(40(48)42-20-19-37(41)45)22-30-15-10-14-29-13-8-9-16-34(29)30/h5-18,24,27,32,35H,19-23,25-26H2,1-4H3,(H2,41,45)(H,42,48)(H,43,47)/t32-,35+/m1/s1. The average Bonchev–Trinajstić information content (AvgIpc) is 3.12. The number of hydrogen-bond donors (Lipinski definition) is 3. The van der Waals surface area contributed by atoms with E-state index in [1.54, 1.807) is 25.3 Å². The van der Waals surface area contributed by atoms with Crippen LogP contribution in [0.1, 0.15) is 49.8 Å². The third-order valence-corrected chi connectivity index (χ3v) is 8.47. The molecular formula is C40H48N4O7.